The van der Waals surface area contributed by atoms with Gasteiger partial charge in [0, 0.05) is 0 Å². The zero-order chi connectivity index (χ0) is 5.98. The molecule has 3 nitrogen and oxygen atoms in total. The number of hydrogen-bond donors (Lipinski definition) is 2. The molecule has 1 heterocycles. The Hall–Kier alpha value is -0.510. The monoisotopic (exact) mass is 130 g/mol. The molecule has 1 fully saturated rings. The Labute approximate surface area is 51.3 Å². The van der Waals surface area contributed by atoms with Gasteiger partial charge in [-0.1, -0.05) is 11.8 Å². The van der Waals surface area contributed by atoms with E-state index in [1.807, 2.05) is 0 Å². The minimum Gasteiger partial charge on any atom is -0.346 e. The molecule has 0 unspecified atom stereocenters. The highest BCUT2D eigenvalue weighted by molar-refractivity contribution is 8.13. The third kappa shape index (κ3) is 1.23. The van der Waals surface area contributed by atoms with E-state index in [4.69, 9.17) is 5.41 Å². The van der Waals surface area contributed by atoms with Crippen molar-refractivity contribution >= 4 is 22.7 Å². The molecule has 0 saturated carbocycles. The van der Waals surface area contributed by atoms with Crippen LogP contribution in [0.5, 0.6) is 0 Å². The number of rotatable bonds is 0. The minimum absolute atomic E-state index is 0.0336. The fourth-order valence-electron chi connectivity index (χ4n) is 0.463. The Morgan fingerprint density at radius 3 is 2.88 bits per heavy atom. The molecule has 0 radical (unpaired) electrons. The van der Waals surface area contributed by atoms with Gasteiger partial charge in [0.1, 0.15) is 0 Å². The Balaban J connectivity index is 2.45. The van der Waals surface area contributed by atoms with Gasteiger partial charge in [-0.2, -0.15) is 0 Å². The summed E-state index contributed by atoms with van der Waals surface area (Å²) in [5.41, 5.74) is 0. The number of thioether (sulfide) groups is 1. The van der Waals surface area contributed by atoms with E-state index in [0.29, 0.717) is 10.9 Å². The van der Waals surface area contributed by atoms with Gasteiger partial charge in [-0.05, 0) is 0 Å². The maximum atomic E-state index is 10.4. The summed E-state index contributed by atoms with van der Waals surface area (Å²) in [6.07, 6.45) is 0.269. The summed E-state index contributed by atoms with van der Waals surface area (Å²) in [6, 6.07) is 0. The van der Waals surface area contributed by atoms with Crippen molar-refractivity contribution in [2.45, 2.75) is 6.42 Å². The van der Waals surface area contributed by atoms with Crippen molar-refractivity contribution in [2.24, 2.45) is 0 Å². The first-order valence-corrected chi connectivity index (χ1v) is 3.24. The molecular weight excluding hydrogens is 124 g/mol. The predicted molar refractivity (Wildman–Crippen MR) is 32.9 cm³/mol. The second kappa shape index (κ2) is 2.17. The summed E-state index contributed by atoms with van der Waals surface area (Å²) < 4.78 is 0. The van der Waals surface area contributed by atoms with Crippen LogP contribution in [-0.4, -0.2) is 16.8 Å². The van der Waals surface area contributed by atoms with Gasteiger partial charge in [-0.25, -0.2) is 0 Å². The average Bonchev–Trinajstić information content (AvgIpc) is 1.64. The van der Waals surface area contributed by atoms with Crippen LogP contribution < -0.4 is 5.32 Å². The molecular formula is C4H6N2OS. The summed E-state index contributed by atoms with van der Waals surface area (Å²) in [6.45, 7) is 0. The first kappa shape index (κ1) is 5.62. The van der Waals surface area contributed by atoms with Crippen molar-refractivity contribution in [3.8, 4) is 0 Å². The summed E-state index contributed by atoms with van der Waals surface area (Å²) in [4.78, 5) is 10.4. The van der Waals surface area contributed by atoms with E-state index in [2.05, 4.69) is 5.32 Å². The van der Waals surface area contributed by atoms with Gasteiger partial charge < -0.3 is 5.32 Å². The van der Waals surface area contributed by atoms with E-state index in [-0.39, 0.29) is 12.3 Å². The van der Waals surface area contributed by atoms with Crippen LogP contribution in [-0.2, 0) is 4.79 Å². The Morgan fingerprint density at radius 1 is 1.75 bits per heavy atom. The van der Waals surface area contributed by atoms with Gasteiger partial charge in [0.25, 0.3) is 0 Å². The highest BCUT2D eigenvalue weighted by Gasteiger charge is 2.11. The van der Waals surface area contributed by atoms with Crippen LogP contribution in [0.2, 0.25) is 0 Å². The molecule has 0 aromatic heterocycles. The molecule has 0 aromatic carbocycles. The van der Waals surface area contributed by atoms with E-state index < -0.39 is 0 Å². The smallest absolute Gasteiger partial charge is 0.227 e. The lowest BCUT2D eigenvalue weighted by Crippen LogP contribution is -2.29. The van der Waals surface area contributed by atoms with Crippen LogP contribution in [0.1, 0.15) is 6.42 Å². The molecule has 2 N–H and O–H groups in total. The van der Waals surface area contributed by atoms with E-state index in [0.717, 1.165) is 0 Å². The molecule has 4 heteroatoms. The lowest BCUT2D eigenvalue weighted by molar-refractivity contribution is -0.119. The van der Waals surface area contributed by atoms with Crippen LogP contribution in [0.25, 0.3) is 0 Å². The van der Waals surface area contributed by atoms with Crippen molar-refractivity contribution in [1.29, 1.82) is 5.41 Å². The van der Waals surface area contributed by atoms with Crippen LogP contribution in [0, 0.1) is 5.41 Å². The second-order valence-corrected chi connectivity index (χ2v) is 2.56. The van der Waals surface area contributed by atoms with Gasteiger partial charge in [0.2, 0.25) is 5.91 Å². The fourth-order valence-corrected chi connectivity index (χ4v) is 1.10. The summed E-state index contributed by atoms with van der Waals surface area (Å²) in [5, 5.41) is 10.1. The number of carbonyl (C=O) groups is 1. The SMILES string of the molecule is N=C1CC(=O)NCS1. The third-order valence-electron chi connectivity index (χ3n) is 0.837. The zero-order valence-electron chi connectivity index (χ0n) is 4.23. The highest BCUT2D eigenvalue weighted by Crippen LogP contribution is 2.07. The quantitative estimate of drug-likeness (QED) is 0.491. The highest BCUT2D eigenvalue weighted by atomic mass is 32.2. The minimum atomic E-state index is -0.0336. The topological polar surface area (TPSA) is 53.0 Å². The van der Waals surface area contributed by atoms with Crippen LogP contribution in [0.4, 0.5) is 0 Å². The van der Waals surface area contributed by atoms with Crippen LogP contribution in [0.15, 0.2) is 0 Å². The van der Waals surface area contributed by atoms with Gasteiger partial charge in [0.15, 0.2) is 0 Å². The molecule has 8 heavy (non-hydrogen) atoms. The molecule has 1 aliphatic heterocycles. The molecule has 0 atom stereocenters. The maximum Gasteiger partial charge on any atom is 0.227 e. The molecule has 0 spiro atoms. The third-order valence-corrected chi connectivity index (χ3v) is 1.62. The van der Waals surface area contributed by atoms with Gasteiger partial charge in [-0.3, -0.25) is 10.2 Å². The molecule has 1 rings (SSSR count). The zero-order valence-corrected chi connectivity index (χ0v) is 5.05. The first-order valence-electron chi connectivity index (χ1n) is 2.26. The van der Waals surface area contributed by atoms with Crippen molar-refractivity contribution in [3.63, 3.8) is 0 Å². The molecule has 0 bridgehead atoms. The van der Waals surface area contributed by atoms with Crippen LogP contribution in [0.3, 0.4) is 0 Å². The number of hydrogen-bond acceptors (Lipinski definition) is 3. The standard InChI is InChI=1S/C4H6N2OS/c5-3-1-4(7)6-2-8-3/h5H,1-2H2,(H,6,7). The van der Waals surface area contributed by atoms with Gasteiger partial charge >= 0.3 is 0 Å². The fraction of sp³-hybridized carbons (Fsp3) is 0.500. The lowest BCUT2D eigenvalue weighted by atomic mass is 10.4. The van der Waals surface area contributed by atoms with Crippen molar-refractivity contribution in [3.05, 3.63) is 0 Å². The average molecular weight is 130 g/mol. The summed E-state index contributed by atoms with van der Waals surface area (Å²) in [5.74, 6) is 0.534. The van der Waals surface area contributed by atoms with E-state index in [9.17, 15) is 4.79 Å². The first-order chi connectivity index (χ1) is 3.79. The van der Waals surface area contributed by atoms with Gasteiger partial charge in [-0.15, -0.1) is 0 Å². The summed E-state index contributed by atoms with van der Waals surface area (Å²) in [7, 11) is 0. The molecule has 0 aliphatic carbocycles. The predicted octanol–water partition coefficient (Wildman–Crippen LogP) is 0.174. The Morgan fingerprint density at radius 2 is 2.50 bits per heavy atom. The van der Waals surface area contributed by atoms with E-state index in [1.165, 1.54) is 11.8 Å². The molecule has 44 valence electrons. The molecule has 0 aromatic rings. The summed E-state index contributed by atoms with van der Waals surface area (Å²) >= 11 is 1.37. The molecule has 1 aliphatic rings. The van der Waals surface area contributed by atoms with Crippen LogP contribution >= 0.6 is 11.8 Å². The number of nitrogens with one attached hydrogen (secondary N) is 2. The molecule has 1 saturated heterocycles. The maximum absolute atomic E-state index is 10.4. The lowest BCUT2D eigenvalue weighted by Gasteiger charge is -2.10. The van der Waals surface area contributed by atoms with Crippen molar-refractivity contribution < 1.29 is 4.79 Å². The van der Waals surface area contributed by atoms with Crippen molar-refractivity contribution in [2.75, 3.05) is 5.88 Å². The number of carbonyl (C=O) groups excluding carboxylic acids is 1. The largest absolute Gasteiger partial charge is 0.346 e. The van der Waals surface area contributed by atoms with E-state index in [1.54, 1.807) is 0 Å². The Bertz CT molecular complexity index is 120. The second-order valence-electron chi connectivity index (χ2n) is 1.49. The number of amides is 1. The molecule has 1 amide bonds. The van der Waals surface area contributed by atoms with E-state index >= 15 is 0 Å². The van der Waals surface area contributed by atoms with Gasteiger partial charge in [0.05, 0.1) is 17.3 Å². The van der Waals surface area contributed by atoms with Crippen molar-refractivity contribution in [1.82, 2.24) is 5.32 Å². The Kier molecular flexibility index (Phi) is 1.53. The normalized spacial score (nSPS) is 20.5.